The smallest absolute Gasteiger partial charge is 0.250 e. The third kappa shape index (κ3) is 3.78. The zero-order valence-electron chi connectivity index (χ0n) is 11.5. The standard InChI is InChI=1S/C13H22N2O2S2/c1-3-12-6-7-13(18-12)19(16,17)15-10(2)11-5-4-8-14-9-11/h6-7,10-11,14-15H,3-5,8-9H2,1-2H3. The fourth-order valence-corrected chi connectivity index (χ4v) is 5.02. The molecular formula is C13H22N2O2S2. The van der Waals surface area contributed by atoms with Crippen LogP contribution in [-0.2, 0) is 16.4 Å². The summed E-state index contributed by atoms with van der Waals surface area (Å²) in [5.74, 6) is 0.383. The number of aryl methyl sites for hydroxylation is 1. The van der Waals surface area contributed by atoms with E-state index in [1.165, 1.54) is 11.3 Å². The van der Waals surface area contributed by atoms with E-state index in [-0.39, 0.29) is 6.04 Å². The van der Waals surface area contributed by atoms with E-state index in [4.69, 9.17) is 0 Å². The summed E-state index contributed by atoms with van der Waals surface area (Å²) in [5, 5.41) is 3.32. The summed E-state index contributed by atoms with van der Waals surface area (Å²) >= 11 is 1.36. The van der Waals surface area contributed by atoms with Crippen LogP contribution in [-0.4, -0.2) is 27.5 Å². The van der Waals surface area contributed by atoms with Crippen molar-refractivity contribution < 1.29 is 8.42 Å². The lowest BCUT2D eigenvalue weighted by Gasteiger charge is -2.28. The van der Waals surface area contributed by atoms with Crippen LogP contribution in [0.2, 0.25) is 0 Å². The molecule has 2 N–H and O–H groups in total. The zero-order valence-corrected chi connectivity index (χ0v) is 13.1. The predicted octanol–water partition coefficient (Wildman–Crippen LogP) is 1.98. The van der Waals surface area contributed by atoms with Crippen molar-refractivity contribution in [2.24, 2.45) is 5.92 Å². The molecule has 0 spiro atoms. The van der Waals surface area contributed by atoms with E-state index in [0.717, 1.165) is 37.2 Å². The third-order valence-electron chi connectivity index (χ3n) is 3.63. The maximum atomic E-state index is 12.3. The molecule has 2 atom stereocenters. The molecule has 2 unspecified atom stereocenters. The van der Waals surface area contributed by atoms with Crippen LogP contribution in [0.1, 0.15) is 31.6 Å². The Labute approximate surface area is 119 Å². The predicted molar refractivity (Wildman–Crippen MR) is 79.1 cm³/mol. The monoisotopic (exact) mass is 302 g/mol. The highest BCUT2D eigenvalue weighted by Gasteiger charge is 2.25. The summed E-state index contributed by atoms with van der Waals surface area (Å²) in [6.45, 7) is 5.94. The Morgan fingerprint density at radius 2 is 2.32 bits per heavy atom. The van der Waals surface area contributed by atoms with E-state index >= 15 is 0 Å². The second kappa shape index (κ2) is 6.35. The van der Waals surface area contributed by atoms with Crippen molar-refractivity contribution in [2.75, 3.05) is 13.1 Å². The van der Waals surface area contributed by atoms with Gasteiger partial charge in [0.1, 0.15) is 4.21 Å². The minimum atomic E-state index is -3.36. The van der Waals surface area contributed by atoms with Crippen molar-refractivity contribution in [3.63, 3.8) is 0 Å². The molecule has 0 saturated carbocycles. The molecule has 2 rings (SSSR count). The molecule has 6 heteroatoms. The van der Waals surface area contributed by atoms with E-state index in [2.05, 4.69) is 10.0 Å². The molecule has 19 heavy (non-hydrogen) atoms. The summed E-state index contributed by atoms with van der Waals surface area (Å²) in [6.07, 6.45) is 3.08. The highest BCUT2D eigenvalue weighted by atomic mass is 32.2. The van der Waals surface area contributed by atoms with E-state index in [1.807, 2.05) is 19.9 Å². The van der Waals surface area contributed by atoms with Crippen molar-refractivity contribution in [2.45, 2.75) is 43.4 Å². The Kier molecular flexibility index (Phi) is 5.00. The van der Waals surface area contributed by atoms with Gasteiger partial charge >= 0.3 is 0 Å². The Morgan fingerprint density at radius 1 is 1.53 bits per heavy atom. The minimum Gasteiger partial charge on any atom is -0.316 e. The van der Waals surface area contributed by atoms with E-state index in [1.54, 1.807) is 6.07 Å². The van der Waals surface area contributed by atoms with E-state index < -0.39 is 10.0 Å². The molecule has 1 aromatic rings. The summed E-state index contributed by atoms with van der Waals surface area (Å²) in [5.41, 5.74) is 0. The molecule has 0 aliphatic carbocycles. The van der Waals surface area contributed by atoms with Gasteiger partial charge in [-0.3, -0.25) is 0 Å². The summed E-state index contributed by atoms with van der Waals surface area (Å²) in [7, 11) is -3.36. The molecule has 0 amide bonds. The second-order valence-corrected chi connectivity index (χ2v) is 8.20. The first-order valence-electron chi connectivity index (χ1n) is 6.84. The molecule has 0 bridgehead atoms. The van der Waals surface area contributed by atoms with Gasteiger partial charge in [-0.1, -0.05) is 6.92 Å². The van der Waals surface area contributed by atoms with Crippen molar-refractivity contribution in [1.29, 1.82) is 0 Å². The van der Waals surface area contributed by atoms with Crippen molar-refractivity contribution in [3.8, 4) is 0 Å². The van der Waals surface area contributed by atoms with Gasteiger partial charge in [0.2, 0.25) is 10.0 Å². The fourth-order valence-electron chi connectivity index (χ4n) is 2.40. The van der Waals surface area contributed by atoms with Crippen molar-refractivity contribution in [3.05, 3.63) is 17.0 Å². The molecule has 1 aliphatic heterocycles. The highest BCUT2D eigenvalue weighted by Crippen LogP contribution is 2.23. The number of piperidine rings is 1. The number of sulfonamides is 1. The first-order valence-corrected chi connectivity index (χ1v) is 9.14. The normalized spacial score (nSPS) is 22.3. The summed E-state index contributed by atoms with van der Waals surface area (Å²) < 4.78 is 27.8. The van der Waals surface area contributed by atoms with Gasteiger partial charge < -0.3 is 5.32 Å². The van der Waals surface area contributed by atoms with Crippen molar-refractivity contribution >= 4 is 21.4 Å². The minimum absolute atomic E-state index is 0.0232. The quantitative estimate of drug-likeness (QED) is 0.874. The van der Waals surface area contributed by atoms with Gasteiger partial charge in [-0.05, 0) is 57.3 Å². The maximum Gasteiger partial charge on any atom is 0.250 e. The van der Waals surface area contributed by atoms with Crippen LogP contribution in [0.25, 0.3) is 0 Å². The Morgan fingerprint density at radius 3 is 2.89 bits per heavy atom. The van der Waals surface area contributed by atoms with Crippen LogP contribution in [0.4, 0.5) is 0 Å². The SMILES string of the molecule is CCc1ccc(S(=O)(=O)NC(C)C2CCCNC2)s1. The maximum absolute atomic E-state index is 12.3. The van der Waals surface area contributed by atoms with Gasteiger partial charge in [0.15, 0.2) is 0 Å². The van der Waals surface area contributed by atoms with Gasteiger partial charge in [0, 0.05) is 10.9 Å². The van der Waals surface area contributed by atoms with Crippen molar-refractivity contribution in [1.82, 2.24) is 10.0 Å². The molecule has 0 aromatic carbocycles. The molecule has 0 radical (unpaired) electrons. The Bertz CT molecular complexity index is 504. The van der Waals surface area contributed by atoms with Gasteiger partial charge in [0.05, 0.1) is 0 Å². The second-order valence-electron chi connectivity index (χ2n) is 5.09. The molecule has 4 nitrogen and oxygen atoms in total. The lowest BCUT2D eigenvalue weighted by molar-refractivity contribution is 0.320. The molecule has 1 fully saturated rings. The number of hydrogen-bond acceptors (Lipinski definition) is 4. The average molecular weight is 302 g/mol. The Hall–Kier alpha value is -0.430. The van der Waals surface area contributed by atoms with Gasteiger partial charge in [-0.25, -0.2) is 13.1 Å². The lowest BCUT2D eigenvalue weighted by Crippen LogP contribution is -2.44. The number of rotatable bonds is 5. The Balaban J connectivity index is 2.03. The van der Waals surface area contributed by atoms with E-state index in [9.17, 15) is 8.42 Å². The van der Waals surface area contributed by atoms with Crippen LogP contribution in [0.5, 0.6) is 0 Å². The first-order chi connectivity index (χ1) is 9.03. The van der Waals surface area contributed by atoms with Gasteiger partial charge in [-0.15, -0.1) is 11.3 Å². The molecular weight excluding hydrogens is 280 g/mol. The molecule has 1 aliphatic rings. The lowest BCUT2D eigenvalue weighted by atomic mass is 9.94. The summed E-state index contributed by atoms with van der Waals surface area (Å²) in [6, 6.07) is 3.58. The molecule has 1 aromatic heterocycles. The average Bonchev–Trinajstić information content (AvgIpc) is 2.89. The zero-order chi connectivity index (χ0) is 13.9. The number of hydrogen-bond donors (Lipinski definition) is 2. The number of nitrogens with one attached hydrogen (secondary N) is 2. The molecule has 1 saturated heterocycles. The van der Waals surface area contributed by atoms with Crippen LogP contribution >= 0.6 is 11.3 Å². The third-order valence-corrected chi connectivity index (χ3v) is 6.91. The molecule has 2 heterocycles. The number of thiophene rings is 1. The van der Waals surface area contributed by atoms with Gasteiger partial charge in [0.25, 0.3) is 0 Å². The summed E-state index contributed by atoms with van der Waals surface area (Å²) in [4.78, 5) is 1.10. The van der Waals surface area contributed by atoms with Crippen LogP contribution in [0.3, 0.4) is 0 Å². The van der Waals surface area contributed by atoms with E-state index in [0.29, 0.717) is 10.1 Å². The first kappa shape index (κ1) is 15.0. The largest absolute Gasteiger partial charge is 0.316 e. The van der Waals surface area contributed by atoms with Gasteiger partial charge in [-0.2, -0.15) is 0 Å². The highest BCUT2D eigenvalue weighted by molar-refractivity contribution is 7.91. The van der Waals surface area contributed by atoms with Crippen LogP contribution in [0.15, 0.2) is 16.3 Å². The molecule has 108 valence electrons. The topological polar surface area (TPSA) is 58.2 Å². The van der Waals surface area contributed by atoms with Crippen LogP contribution in [0, 0.1) is 5.92 Å². The van der Waals surface area contributed by atoms with Crippen LogP contribution < -0.4 is 10.0 Å². The fraction of sp³-hybridized carbons (Fsp3) is 0.692.